The molecular weight excluding hydrogens is 254 g/mol. The van der Waals surface area contributed by atoms with E-state index in [1.807, 2.05) is 24.3 Å². The summed E-state index contributed by atoms with van der Waals surface area (Å²) in [5, 5.41) is 3.27. The van der Waals surface area contributed by atoms with Crippen molar-refractivity contribution in [2.75, 3.05) is 13.1 Å². The van der Waals surface area contributed by atoms with E-state index in [4.69, 9.17) is 0 Å². The Kier molecular flexibility index (Phi) is 3.54. The Labute approximate surface area is 98.2 Å². The molecule has 0 radical (unpaired) electrons. The lowest BCUT2D eigenvalue weighted by Crippen LogP contribution is -2.34. The first-order valence-electron chi connectivity index (χ1n) is 5.28. The van der Waals surface area contributed by atoms with Crippen molar-refractivity contribution in [1.82, 2.24) is 5.32 Å². The van der Waals surface area contributed by atoms with E-state index >= 15 is 0 Å². The maximum Gasteiger partial charge on any atom is 0.168 e. The highest BCUT2D eigenvalue weighted by molar-refractivity contribution is 9.10. The zero-order valence-corrected chi connectivity index (χ0v) is 10.1. The quantitative estimate of drug-likeness (QED) is 0.835. The van der Waals surface area contributed by atoms with Crippen molar-refractivity contribution in [1.29, 1.82) is 0 Å². The maximum absolute atomic E-state index is 12.2. The fourth-order valence-electron chi connectivity index (χ4n) is 1.96. The van der Waals surface area contributed by atoms with Gasteiger partial charge in [-0.1, -0.05) is 34.1 Å². The number of Topliss-reactive ketones (excluding diaryl/α,β-unsaturated/α-hetero) is 1. The Morgan fingerprint density at radius 1 is 1.40 bits per heavy atom. The van der Waals surface area contributed by atoms with Gasteiger partial charge in [0, 0.05) is 22.5 Å². The highest BCUT2D eigenvalue weighted by Gasteiger charge is 2.23. The van der Waals surface area contributed by atoms with Gasteiger partial charge in [-0.05, 0) is 25.5 Å². The molecule has 1 aromatic rings. The van der Waals surface area contributed by atoms with Crippen LogP contribution in [0.15, 0.2) is 28.7 Å². The number of rotatable bonds is 2. The highest BCUT2D eigenvalue weighted by atomic mass is 79.9. The van der Waals surface area contributed by atoms with Crippen LogP contribution in [-0.4, -0.2) is 18.9 Å². The molecule has 1 atom stereocenters. The van der Waals surface area contributed by atoms with Gasteiger partial charge in [0.25, 0.3) is 0 Å². The van der Waals surface area contributed by atoms with Crippen LogP contribution in [0.3, 0.4) is 0 Å². The second kappa shape index (κ2) is 4.90. The third-order valence-corrected chi connectivity index (χ3v) is 3.50. The summed E-state index contributed by atoms with van der Waals surface area (Å²) < 4.78 is 0.903. The summed E-state index contributed by atoms with van der Waals surface area (Å²) in [6.07, 6.45) is 2.11. The Balaban J connectivity index is 2.16. The third kappa shape index (κ3) is 2.47. The van der Waals surface area contributed by atoms with Crippen LogP contribution in [0, 0.1) is 5.92 Å². The molecule has 0 aromatic heterocycles. The normalized spacial score (nSPS) is 21.3. The maximum atomic E-state index is 12.2. The topological polar surface area (TPSA) is 29.1 Å². The van der Waals surface area contributed by atoms with Crippen LogP contribution in [0.5, 0.6) is 0 Å². The van der Waals surface area contributed by atoms with Gasteiger partial charge < -0.3 is 5.32 Å². The molecule has 80 valence electrons. The summed E-state index contributed by atoms with van der Waals surface area (Å²) in [7, 11) is 0. The molecule has 2 nitrogen and oxygen atoms in total. The molecule has 0 amide bonds. The highest BCUT2D eigenvalue weighted by Crippen LogP contribution is 2.22. The summed E-state index contributed by atoms with van der Waals surface area (Å²) in [5.41, 5.74) is 0.811. The van der Waals surface area contributed by atoms with Crippen molar-refractivity contribution < 1.29 is 4.79 Å². The van der Waals surface area contributed by atoms with Crippen LogP contribution in [0.4, 0.5) is 0 Å². The van der Waals surface area contributed by atoms with Crippen LogP contribution in [-0.2, 0) is 0 Å². The number of carbonyl (C=O) groups is 1. The van der Waals surface area contributed by atoms with E-state index < -0.39 is 0 Å². The summed E-state index contributed by atoms with van der Waals surface area (Å²) in [6, 6.07) is 7.65. The van der Waals surface area contributed by atoms with Gasteiger partial charge in [0.2, 0.25) is 0 Å². The van der Waals surface area contributed by atoms with E-state index in [-0.39, 0.29) is 11.7 Å². The van der Waals surface area contributed by atoms with E-state index in [9.17, 15) is 4.79 Å². The zero-order valence-electron chi connectivity index (χ0n) is 8.50. The molecule has 0 saturated carbocycles. The fourth-order valence-corrected chi connectivity index (χ4v) is 2.44. The first-order chi connectivity index (χ1) is 7.29. The summed E-state index contributed by atoms with van der Waals surface area (Å²) in [6.45, 7) is 1.86. The van der Waals surface area contributed by atoms with Crippen LogP contribution >= 0.6 is 15.9 Å². The number of ketones is 1. The smallest absolute Gasteiger partial charge is 0.168 e. The number of benzene rings is 1. The van der Waals surface area contributed by atoms with Gasteiger partial charge in [-0.3, -0.25) is 4.79 Å². The monoisotopic (exact) mass is 267 g/mol. The SMILES string of the molecule is O=C(c1ccccc1Br)C1CCCNC1. The summed E-state index contributed by atoms with van der Waals surface area (Å²) in [4.78, 5) is 12.2. The number of piperidine rings is 1. The van der Waals surface area contributed by atoms with Gasteiger partial charge >= 0.3 is 0 Å². The number of carbonyl (C=O) groups excluding carboxylic acids is 1. The Morgan fingerprint density at radius 2 is 2.20 bits per heavy atom. The molecule has 0 spiro atoms. The van der Waals surface area contributed by atoms with Gasteiger partial charge in [0.15, 0.2) is 5.78 Å². The Morgan fingerprint density at radius 3 is 2.87 bits per heavy atom. The second-order valence-electron chi connectivity index (χ2n) is 3.89. The molecule has 1 aliphatic heterocycles. The number of halogens is 1. The average molecular weight is 268 g/mol. The van der Waals surface area contributed by atoms with E-state index in [1.54, 1.807) is 0 Å². The molecule has 15 heavy (non-hydrogen) atoms. The average Bonchev–Trinajstić information content (AvgIpc) is 2.30. The molecule has 0 bridgehead atoms. The minimum atomic E-state index is 0.150. The number of hydrogen-bond donors (Lipinski definition) is 1. The van der Waals surface area contributed by atoms with Gasteiger partial charge in [0.1, 0.15) is 0 Å². The fraction of sp³-hybridized carbons (Fsp3) is 0.417. The van der Waals surface area contributed by atoms with Gasteiger partial charge in [-0.2, -0.15) is 0 Å². The van der Waals surface area contributed by atoms with E-state index in [1.165, 1.54) is 0 Å². The van der Waals surface area contributed by atoms with Gasteiger partial charge in [-0.15, -0.1) is 0 Å². The molecular formula is C12H14BrNO. The van der Waals surface area contributed by atoms with Crippen LogP contribution < -0.4 is 5.32 Å². The molecule has 1 fully saturated rings. The van der Waals surface area contributed by atoms with Crippen molar-refractivity contribution in [3.05, 3.63) is 34.3 Å². The van der Waals surface area contributed by atoms with Crippen LogP contribution in [0.25, 0.3) is 0 Å². The minimum absolute atomic E-state index is 0.150. The predicted molar refractivity (Wildman–Crippen MR) is 64.1 cm³/mol. The predicted octanol–water partition coefficient (Wildman–Crippen LogP) is 2.63. The molecule has 1 heterocycles. The van der Waals surface area contributed by atoms with Crippen molar-refractivity contribution in [2.45, 2.75) is 12.8 Å². The van der Waals surface area contributed by atoms with Crippen LogP contribution in [0.2, 0.25) is 0 Å². The molecule has 3 heteroatoms. The van der Waals surface area contributed by atoms with Crippen molar-refractivity contribution >= 4 is 21.7 Å². The summed E-state index contributed by atoms with van der Waals surface area (Å²) >= 11 is 3.42. The Hall–Kier alpha value is -0.670. The second-order valence-corrected chi connectivity index (χ2v) is 4.74. The number of nitrogens with one attached hydrogen (secondary N) is 1. The lowest BCUT2D eigenvalue weighted by Gasteiger charge is -2.21. The van der Waals surface area contributed by atoms with Crippen molar-refractivity contribution in [2.24, 2.45) is 5.92 Å². The first kappa shape index (κ1) is 10.8. The molecule has 1 aliphatic rings. The standard InChI is InChI=1S/C12H14BrNO/c13-11-6-2-1-5-10(11)12(15)9-4-3-7-14-8-9/h1-2,5-6,9,14H,3-4,7-8H2. The van der Waals surface area contributed by atoms with Gasteiger partial charge in [-0.25, -0.2) is 0 Å². The molecule has 0 aliphatic carbocycles. The van der Waals surface area contributed by atoms with Gasteiger partial charge in [0.05, 0.1) is 0 Å². The third-order valence-electron chi connectivity index (χ3n) is 2.81. The van der Waals surface area contributed by atoms with Crippen molar-refractivity contribution in [3.63, 3.8) is 0 Å². The van der Waals surface area contributed by atoms with E-state index in [0.29, 0.717) is 0 Å². The summed E-state index contributed by atoms with van der Waals surface area (Å²) in [5.74, 6) is 0.409. The first-order valence-corrected chi connectivity index (χ1v) is 6.08. The Bertz CT molecular complexity index is 358. The van der Waals surface area contributed by atoms with E-state index in [2.05, 4.69) is 21.2 Å². The van der Waals surface area contributed by atoms with Crippen molar-refractivity contribution in [3.8, 4) is 0 Å². The van der Waals surface area contributed by atoms with Crippen LogP contribution in [0.1, 0.15) is 23.2 Å². The largest absolute Gasteiger partial charge is 0.316 e. The zero-order chi connectivity index (χ0) is 10.7. The lowest BCUT2D eigenvalue weighted by atomic mass is 9.91. The molecule has 1 aromatic carbocycles. The minimum Gasteiger partial charge on any atom is -0.316 e. The molecule has 1 unspecified atom stereocenters. The number of hydrogen-bond acceptors (Lipinski definition) is 2. The molecule has 2 rings (SSSR count). The van der Waals surface area contributed by atoms with E-state index in [0.717, 1.165) is 36.0 Å². The molecule has 1 N–H and O–H groups in total. The molecule has 1 saturated heterocycles. The lowest BCUT2D eigenvalue weighted by molar-refractivity contribution is 0.0899.